The number of nitrogens with zero attached hydrogens (tertiary/aromatic N) is 3. The summed E-state index contributed by atoms with van der Waals surface area (Å²) >= 11 is 0. The fourth-order valence-electron chi connectivity index (χ4n) is 3.74. The summed E-state index contributed by atoms with van der Waals surface area (Å²) in [5.74, 6) is -0.258. The van der Waals surface area contributed by atoms with E-state index < -0.39 is 0 Å². The Bertz CT molecular complexity index is 1190. The molecule has 1 aromatic heterocycles. The minimum Gasteiger partial charge on any atom is -0.302 e. The maximum absolute atomic E-state index is 13.5. The third-order valence-corrected chi connectivity index (χ3v) is 5.39. The second-order valence-electron chi connectivity index (χ2n) is 7.53. The summed E-state index contributed by atoms with van der Waals surface area (Å²) in [7, 11) is 0. The first-order valence-corrected chi connectivity index (χ1v) is 9.97. The predicted octanol–water partition coefficient (Wildman–Crippen LogP) is 5.43. The van der Waals surface area contributed by atoms with Crippen molar-refractivity contribution in [3.8, 4) is 16.9 Å². The third-order valence-electron chi connectivity index (χ3n) is 5.39. The Morgan fingerprint density at radius 3 is 2.33 bits per heavy atom. The molecule has 0 aliphatic carbocycles. The Balaban J connectivity index is 1.51. The van der Waals surface area contributed by atoms with Crippen LogP contribution in [0, 0.1) is 12.7 Å². The van der Waals surface area contributed by atoms with Gasteiger partial charge in [0.15, 0.2) is 0 Å². The Labute approximate surface area is 174 Å². The van der Waals surface area contributed by atoms with Crippen LogP contribution in [0.4, 0.5) is 4.39 Å². The monoisotopic (exact) mass is 396 g/mol. The molecule has 4 aromatic rings. The molecule has 1 aliphatic heterocycles. The molecule has 5 heteroatoms. The van der Waals surface area contributed by atoms with Crippen molar-refractivity contribution < 1.29 is 4.39 Å². The Morgan fingerprint density at radius 1 is 0.900 bits per heavy atom. The normalized spacial score (nSPS) is 15.7. The van der Waals surface area contributed by atoms with Crippen LogP contribution in [0.15, 0.2) is 90.2 Å². The van der Waals surface area contributed by atoms with Gasteiger partial charge in [-0.1, -0.05) is 48.0 Å². The Kier molecular flexibility index (Phi) is 4.64. The lowest BCUT2D eigenvalue weighted by Gasteiger charge is -2.10. The first kappa shape index (κ1) is 18.3. The quantitative estimate of drug-likeness (QED) is 0.500. The lowest BCUT2D eigenvalue weighted by Crippen LogP contribution is -2.10. The van der Waals surface area contributed by atoms with Crippen LogP contribution in [0.3, 0.4) is 0 Å². The van der Waals surface area contributed by atoms with Crippen LogP contribution in [-0.4, -0.2) is 15.5 Å². The standard InChI is InChI=1S/C25H21FN4/c1-17-7-9-18(10-8-17)23-15-24(28-27-23)22-16-30(21-5-3-2-4-6-21)29-25(22)19-11-13-20(26)14-12-19/h2-14,16,24,28H,15H2,1H3/t24-/m1/s1. The molecular formula is C25H21FN4. The van der Waals surface area contributed by atoms with Crippen molar-refractivity contribution in [3.05, 3.63) is 108 Å². The molecule has 2 heterocycles. The highest BCUT2D eigenvalue weighted by Crippen LogP contribution is 2.33. The number of aromatic nitrogens is 2. The van der Waals surface area contributed by atoms with Gasteiger partial charge in [-0.2, -0.15) is 10.2 Å². The number of para-hydroxylation sites is 1. The molecule has 148 valence electrons. The van der Waals surface area contributed by atoms with Crippen LogP contribution in [-0.2, 0) is 0 Å². The molecule has 5 rings (SSSR count). The number of benzene rings is 3. The second kappa shape index (κ2) is 7.59. The maximum Gasteiger partial charge on any atom is 0.123 e. The summed E-state index contributed by atoms with van der Waals surface area (Å²) in [6, 6.07) is 24.9. The zero-order valence-corrected chi connectivity index (χ0v) is 16.6. The molecule has 1 aliphatic rings. The van der Waals surface area contributed by atoms with Gasteiger partial charge in [-0.05, 0) is 48.9 Å². The molecule has 0 fully saturated rings. The Hall–Kier alpha value is -3.73. The van der Waals surface area contributed by atoms with Gasteiger partial charge < -0.3 is 5.43 Å². The number of aryl methyl sites for hydroxylation is 1. The highest BCUT2D eigenvalue weighted by molar-refractivity contribution is 6.02. The van der Waals surface area contributed by atoms with E-state index >= 15 is 0 Å². The minimum atomic E-state index is -0.258. The van der Waals surface area contributed by atoms with Crippen molar-refractivity contribution in [2.75, 3.05) is 0 Å². The number of halogens is 1. The third kappa shape index (κ3) is 3.50. The smallest absolute Gasteiger partial charge is 0.123 e. The van der Waals surface area contributed by atoms with Gasteiger partial charge >= 0.3 is 0 Å². The first-order valence-electron chi connectivity index (χ1n) is 9.97. The van der Waals surface area contributed by atoms with Crippen molar-refractivity contribution in [1.29, 1.82) is 0 Å². The van der Waals surface area contributed by atoms with E-state index in [4.69, 9.17) is 5.10 Å². The number of hydrazone groups is 1. The molecule has 1 N–H and O–H groups in total. The zero-order chi connectivity index (χ0) is 20.5. The van der Waals surface area contributed by atoms with Gasteiger partial charge in [-0.3, -0.25) is 0 Å². The van der Waals surface area contributed by atoms with Crippen molar-refractivity contribution >= 4 is 5.71 Å². The van der Waals surface area contributed by atoms with E-state index in [0.29, 0.717) is 0 Å². The maximum atomic E-state index is 13.5. The lowest BCUT2D eigenvalue weighted by molar-refractivity contribution is 0.620. The van der Waals surface area contributed by atoms with Crippen molar-refractivity contribution in [1.82, 2.24) is 15.2 Å². The number of hydrogen-bond donors (Lipinski definition) is 1. The molecule has 1 atom stereocenters. The summed E-state index contributed by atoms with van der Waals surface area (Å²) in [5.41, 5.74) is 10.4. The highest BCUT2D eigenvalue weighted by atomic mass is 19.1. The molecule has 0 unspecified atom stereocenters. The zero-order valence-electron chi connectivity index (χ0n) is 16.6. The summed E-state index contributed by atoms with van der Waals surface area (Å²) in [6.07, 6.45) is 2.80. The van der Waals surface area contributed by atoms with E-state index in [-0.39, 0.29) is 11.9 Å². The van der Waals surface area contributed by atoms with E-state index in [1.54, 1.807) is 12.1 Å². The van der Waals surface area contributed by atoms with Gasteiger partial charge in [0.05, 0.1) is 23.1 Å². The highest BCUT2D eigenvalue weighted by Gasteiger charge is 2.26. The van der Waals surface area contributed by atoms with E-state index in [0.717, 1.165) is 40.2 Å². The van der Waals surface area contributed by atoms with Gasteiger partial charge in [0.1, 0.15) is 5.82 Å². The molecule has 0 bridgehead atoms. The summed E-state index contributed by atoms with van der Waals surface area (Å²) in [4.78, 5) is 0. The topological polar surface area (TPSA) is 42.2 Å². The molecule has 0 saturated heterocycles. The molecule has 0 spiro atoms. The summed E-state index contributed by atoms with van der Waals surface area (Å²) in [5, 5.41) is 9.43. The SMILES string of the molecule is Cc1ccc(C2=NN[C@@H](c3cn(-c4ccccc4)nc3-c3ccc(F)cc3)C2)cc1. The van der Waals surface area contributed by atoms with Crippen molar-refractivity contribution in [2.45, 2.75) is 19.4 Å². The molecule has 0 radical (unpaired) electrons. The lowest BCUT2D eigenvalue weighted by atomic mass is 9.97. The van der Waals surface area contributed by atoms with Crippen LogP contribution >= 0.6 is 0 Å². The van der Waals surface area contributed by atoms with E-state index in [9.17, 15) is 4.39 Å². The largest absolute Gasteiger partial charge is 0.302 e. The minimum absolute atomic E-state index is 0.00109. The average Bonchev–Trinajstić information content (AvgIpc) is 3.43. The van der Waals surface area contributed by atoms with Crippen molar-refractivity contribution in [3.63, 3.8) is 0 Å². The fraction of sp³-hybridized carbons (Fsp3) is 0.120. The van der Waals surface area contributed by atoms with Gasteiger partial charge in [0.2, 0.25) is 0 Å². The Morgan fingerprint density at radius 2 is 1.60 bits per heavy atom. The van der Waals surface area contributed by atoms with E-state index in [1.165, 1.54) is 17.7 Å². The van der Waals surface area contributed by atoms with Crippen molar-refractivity contribution in [2.24, 2.45) is 5.10 Å². The van der Waals surface area contributed by atoms with Gasteiger partial charge in [0, 0.05) is 23.7 Å². The molecule has 0 amide bonds. The summed E-state index contributed by atoms with van der Waals surface area (Å²) < 4.78 is 15.4. The predicted molar refractivity (Wildman–Crippen MR) is 117 cm³/mol. The number of hydrogen-bond acceptors (Lipinski definition) is 3. The van der Waals surface area contributed by atoms with Gasteiger partial charge in [-0.15, -0.1) is 0 Å². The van der Waals surface area contributed by atoms with Crippen LogP contribution in [0.5, 0.6) is 0 Å². The number of rotatable bonds is 4. The van der Waals surface area contributed by atoms with Crippen LogP contribution in [0.1, 0.15) is 29.2 Å². The molecule has 4 nitrogen and oxygen atoms in total. The fourth-order valence-corrected chi connectivity index (χ4v) is 3.74. The average molecular weight is 396 g/mol. The van der Waals surface area contributed by atoms with Gasteiger partial charge in [-0.25, -0.2) is 9.07 Å². The van der Waals surface area contributed by atoms with E-state index in [2.05, 4.69) is 41.7 Å². The molecular weight excluding hydrogens is 375 g/mol. The molecule has 0 saturated carbocycles. The second-order valence-corrected chi connectivity index (χ2v) is 7.53. The van der Waals surface area contributed by atoms with Crippen LogP contribution in [0.25, 0.3) is 16.9 Å². The molecule has 3 aromatic carbocycles. The van der Waals surface area contributed by atoms with Crippen LogP contribution in [0.2, 0.25) is 0 Å². The van der Waals surface area contributed by atoms with Gasteiger partial charge in [0.25, 0.3) is 0 Å². The van der Waals surface area contributed by atoms with E-state index in [1.807, 2.05) is 41.2 Å². The van der Waals surface area contributed by atoms with Crippen LogP contribution < -0.4 is 5.43 Å². The summed E-state index contributed by atoms with van der Waals surface area (Å²) in [6.45, 7) is 2.08. The molecule has 30 heavy (non-hydrogen) atoms. The first-order chi connectivity index (χ1) is 14.7. The number of nitrogens with one attached hydrogen (secondary N) is 1.